The Labute approximate surface area is 103 Å². The third-order valence-electron chi connectivity index (χ3n) is 3.60. The maximum atomic E-state index is 10.0. The van der Waals surface area contributed by atoms with Crippen molar-refractivity contribution < 1.29 is 5.11 Å². The summed E-state index contributed by atoms with van der Waals surface area (Å²) < 4.78 is 0. The van der Waals surface area contributed by atoms with Gasteiger partial charge in [0.25, 0.3) is 0 Å². The number of anilines is 2. The van der Waals surface area contributed by atoms with Crippen molar-refractivity contribution in [3.63, 3.8) is 0 Å². The molecule has 17 heavy (non-hydrogen) atoms. The van der Waals surface area contributed by atoms with Gasteiger partial charge in [0.1, 0.15) is 0 Å². The van der Waals surface area contributed by atoms with Crippen molar-refractivity contribution in [3.8, 4) is 0 Å². The zero-order valence-corrected chi connectivity index (χ0v) is 10.4. The Bertz CT molecular complexity index is 378. The first-order chi connectivity index (χ1) is 8.16. The van der Waals surface area contributed by atoms with Gasteiger partial charge in [-0.1, -0.05) is 19.3 Å². The van der Waals surface area contributed by atoms with E-state index in [1.165, 1.54) is 12.8 Å². The van der Waals surface area contributed by atoms with Gasteiger partial charge in [-0.05, 0) is 43.5 Å². The second kappa shape index (κ2) is 5.41. The SMILES string of the molecule is Cc1cc(NC2CCCCCC2O)ccc1N. The molecule has 0 aromatic heterocycles. The summed E-state index contributed by atoms with van der Waals surface area (Å²) in [6.07, 6.45) is 5.30. The summed E-state index contributed by atoms with van der Waals surface area (Å²) in [7, 11) is 0. The quantitative estimate of drug-likeness (QED) is 0.544. The summed E-state index contributed by atoms with van der Waals surface area (Å²) >= 11 is 0. The number of nitrogens with one attached hydrogen (secondary N) is 1. The van der Waals surface area contributed by atoms with Crippen molar-refractivity contribution >= 4 is 11.4 Å². The minimum atomic E-state index is -0.227. The van der Waals surface area contributed by atoms with E-state index in [-0.39, 0.29) is 12.1 Å². The van der Waals surface area contributed by atoms with Crippen LogP contribution in [0.15, 0.2) is 18.2 Å². The Balaban J connectivity index is 2.05. The number of aliphatic hydroxyl groups excluding tert-OH is 1. The highest BCUT2D eigenvalue weighted by Gasteiger charge is 2.21. The van der Waals surface area contributed by atoms with Gasteiger partial charge in [-0.25, -0.2) is 0 Å². The number of rotatable bonds is 2. The first-order valence-corrected chi connectivity index (χ1v) is 6.47. The number of aryl methyl sites for hydroxylation is 1. The molecule has 0 spiro atoms. The molecule has 0 aliphatic heterocycles. The molecule has 0 saturated heterocycles. The van der Waals surface area contributed by atoms with E-state index in [9.17, 15) is 5.11 Å². The molecule has 2 unspecified atom stereocenters. The van der Waals surface area contributed by atoms with Crippen molar-refractivity contribution in [2.45, 2.75) is 51.2 Å². The van der Waals surface area contributed by atoms with Crippen LogP contribution < -0.4 is 11.1 Å². The van der Waals surface area contributed by atoms with Gasteiger partial charge in [0.15, 0.2) is 0 Å². The molecule has 2 rings (SSSR count). The summed E-state index contributed by atoms with van der Waals surface area (Å²) in [6.45, 7) is 2.00. The van der Waals surface area contributed by atoms with Gasteiger partial charge in [-0.15, -0.1) is 0 Å². The molecule has 1 aromatic rings. The van der Waals surface area contributed by atoms with Crippen molar-refractivity contribution in [2.75, 3.05) is 11.1 Å². The van der Waals surface area contributed by atoms with Gasteiger partial charge in [-0.3, -0.25) is 0 Å². The lowest BCUT2D eigenvalue weighted by atomic mass is 10.1. The van der Waals surface area contributed by atoms with Crippen LogP contribution in [0.1, 0.15) is 37.7 Å². The normalized spacial score (nSPS) is 25.3. The van der Waals surface area contributed by atoms with E-state index in [2.05, 4.69) is 5.32 Å². The Morgan fingerprint density at radius 2 is 2.00 bits per heavy atom. The second-order valence-electron chi connectivity index (χ2n) is 5.03. The van der Waals surface area contributed by atoms with Crippen LogP contribution in [0.2, 0.25) is 0 Å². The monoisotopic (exact) mass is 234 g/mol. The van der Waals surface area contributed by atoms with E-state index in [0.717, 1.165) is 36.2 Å². The summed E-state index contributed by atoms with van der Waals surface area (Å²) in [4.78, 5) is 0. The Morgan fingerprint density at radius 1 is 1.24 bits per heavy atom. The van der Waals surface area contributed by atoms with Gasteiger partial charge in [0.05, 0.1) is 12.1 Å². The number of nitrogens with two attached hydrogens (primary N) is 1. The molecule has 0 heterocycles. The van der Waals surface area contributed by atoms with Crippen LogP contribution in [0.3, 0.4) is 0 Å². The van der Waals surface area contributed by atoms with Crippen LogP contribution >= 0.6 is 0 Å². The van der Waals surface area contributed by atoms with Crippen LogP contribution in [0, 0.1) is 6.92 Å². The van der Waals surface area contributed by atoms with Crippen molar-refractivity contribution in [1.82, 2.24) is 0 Å². The van der Waals surface area contributed by atoms with E-state index < -0.39 is 0 Å². The molecule has 94 valence electrons. The van der Waals surface area contributed by atoms with E-state index in [1.54, 1.807) is 0 Å². The zero-order valence-electron chi connectivity index (χ0n) is 10.4. The smallest absolute Gasteiger partial charge is 0.0741 e. The fourth-order valence-electron chi connectivity index (χ4n) is 2.44. The lowest BCUT2D eigenvalue weighted by Crippen LogP contribution is -2.32. The summed E-state index contributed by atoms with van der Waals surface area (Å²) in [5.74, 6) is 0. The molecule has 2 atom stereocenters. The molecule has 0 radical (unpaired) electrons. The van der Waals surface area contributed by atoms with Gasteiger partial charge in [0, 0.05) is 11.4 Å². The number of hydrogen-bond donors (Lipinski definition) is 3. The Kier molecular flexibility index (Phi) is 3.89. The van der Waals surface area contributed by atoms with Crippen LogP contribution in [-0.4, -0.2) is 17.3 Å². The molecule has 1 aromatic carbocycles. The van der Waals surface area contributed by atoms with E-state index in [4.69, 9.17) is 5.73 Å². The fourth-order valence-corrected chi connectivity index (χ4v) is 2.44. The van der Waals surface area contributed by atoms with E-state index in [1.807, 2.05) is 25.1 Å². The van der Waals surface area contributed by atoms with Crippen molar-refractivity contribution in [2.24, 2.45) is 0 Å². The topological polar surface area (TPSA) is 58.3 Å². The molecule has 1 saturated carbocycles. The summed E-state index contributed by atoms with van der Waals surface area (Å²) in [5.41, 5.74) is 8.75. The Morgan fingerprint density at radius 3 is 2.76 bits per heavy atom. The number of hydrogen-bond acceptors (Lipinski definition) is 3. The standard InChI is InChI=1S/C14H22N2O/c1-10-9-11(7-8-12(10)15)16-13-5-3-2-4-6-14(13)17/h7-9,13-14,16-17H,2-6,15H2,1H3. The van der Waals surface area contributed by atoms with E-state index in [0.29, 0.717) is 0 Å². The lowest BCUT2D eigenvalue weighted by molar-refractivity contribution is 0.144. The number of aliphatic hydroxyl groups is 1. The first-order valence-electron chi connectivity index (χ1n) is 6.47. The third kappa shape index (κ3) is 3.13. The zero-order chi connectivity index (χ0) is 12.3. The molecule has 0 bridgehead atoms. The predicted octanol–water partition coefficient (Wildman–Crippen LogP) is 2.68. The predicted molar refractivity (Wildman–Crippen MR) is 72.1 cm³/mol. The van der Waals surface area contributed by atoms with Crippen molar-refractivity contribution in [3.05, 3.63) is 23.8 Å². The average Bonchev–Trinajstić information content (AvgIpc) is 2.50. The first kappa shape index (κ1) is 12.2. The van der Waals surface area contributed by atoms with Gasteiger partial charge in [-0.2, -0.15) is 0 Å². The van der Waals surface area contributed by atoms with Crippen molar-refractivity contribution in [1.29, 1.82) is 0 Å². The lowest BCUT2D eigenvalue weighted by Gasteiger charge is -2.23. The van der Waals surface area contributed by atoms with Crippen LogP contribution in [-0.2, 0) is 0 Å². The fraction of sp³-hybridized carbons (Fsp3) is 0.571. The highest BCUT2D eigenvalue weighted by atomic mass is 16.3. The second-order valence-corrected chi connectivity index (χ2v) is 5.03. The van der Waals surface area contributed by atoms with Crippen LogP contribution in [0.25, 0.3) is 0 Å². The van der Waals surface area contributed by atoms with Gasteiger partial charge in [0.2, 0.25) is 0 Å². The minimum absolute atomic E-state index is 0.181. The highest BCUT2D eigenvalue weighted by Crippen LogP contribution is 2.23. The maximum Gasteiger partial charge on any atom is 0.0741 e. The average molecular weight is 234 g/mol. The molecule has 0 amide bonds. The molecule has 1 aliphatic carbocycles. The molecule has 3 heteroatoms. The van der Waals surface area contributed by atoms with E-state index >= 15 is 0 Å². The van der Waals surface area contributed by atoms with Crippen LogP contribution in [0.4, 0.5) is 11.4 Å². The molecule has 1 aliphatic rings. The summed E-state index contributed by atoms with van der Waals surface area (Å²) in [6, 6.07) is 6.13. The molecule has 3 nitrogen and oxygen atoms in total. The maximum absolute atomic E-state index is 10.0. The molecular weight excluding hydrogens is 212 g/mol. The third-order valence-corrected chi connectivity index (χ3v) is 3.60. The summed E-state index contributed by atoms with van der Waals surface area (Å²) in [5, 5.41) is 13.5. The number of nitrogen functional groups attached to an aromatic ring is 1. The number of benzene rings is 1. The van der Waals surface area contributed by atoms with Gasteiger partial charge < -0.3 is 16.2 Å². The Hall–Kier alpha value is -1.22. The minimum Gasteiger partial charge on any atom is -0.399 e. The highest BCUT2D eigenvalue weighted by molar-refractivity contribution is 5.57. The molecular formula is C14H22N2O. The van der Waals surface area contributed by atoms with Gasteiger partial charge >= 0.3 is 0 Å². The molecule has 1 fully saturated rings. The van der Waals surface area contributed by atoms with Crippen LogP contribution in [0.5, 0.6) is 0 Å². The molecule has 4 N–H and O–H groups in total. The largest absolute Gasteiger partial charge is 0.399 e.